The fraction of sp³-hybridized carbons (Fsp3) is 0.476. The maximum Gasteiger partial charge on any atom is 0.139 e. The van der Waals surface area contributed by atoms with Crippen molar-refractivity contribution < 1.29 is 5.11 Å². The number of aromatic nitrogens is 3. The van der Waals surface area contributed by atoms with Crippen LogP contribution in [0.3, 0.4) is 0 Å². The third kappa shape index (κ3) is 3.92. The van der Waals surface area contributed by atoms with Crippen molar-refractivity contribution in [3.8, 4) is 0 Å². The molecule has 0 bridgehead atoms. The highest BCUT2D eigenvalue weighted by Gasteiger charge is 2.22. The molecule has 2 aromatic heterocycles. The van der Waals surface area contributed by atoms with Crippen LogP contribution in [0.4, 0.5) is 11.5 Å². The lowest BCUT2D eigenvalue weighted by molar-refractivity contribution is 0.107. The van der Waals surface area contributed by atoms with Crippen LogP contribution in [0.5, 0.6) is 0 Å². The first-order valence-electron chi connectivity index (χ1n) is 10.3. The van der Waals surface area contributed by atoms with Gasteiger partial charge in [0, 0.05) is 62.3 Å². The van der Waals surface area contributed by atoms with Crippen molar-refractivity contribution in [3.63, 3.8) is 0 Å². The van der Waals surface area contributed by atoms with E-state index in [4.69, 9.17) is 0 Å². The fourth-order valence-corrected chi connectivity index (χ4v) is 4.92. The number of hydrogen-bond donors (Lipinski definition) is 1. The van der Waals surface area contributed by atoms with Crippen LogP contribution < -0.4 is 9.80 Å². The summed E-state index contributed by atoms with van der Waals surface area (Å²) in [6.07, 6.45) is 3.65. The standard InChI is InChI=1S/C21H26N6OS/c28-20(19-13-29-15-24-19)12-25-7-9-26(10-8-25)16-3-4-18-17(11-16)21(23-14-22-18)27-5-1-2-6-27/h3-4,11,13-15,20,28H,1-2,5-10,12H2. The molecule has 1 atom stereocenters. The van der Waals surface area contributed by atoms with Crippen molar-refractivity contribution in [2.75, 3.05) is 55.6 Å². The van der Waals surface area contributed by atoms with Gasteiger partial charge in [0.25, 0.3) is 0 Å². The summed E-state index contributed by atoms with van der Waals surface area (Å²) >= 11 is 1.53. The zero-order valence-electron chi connectivity index (χ0n) is 16.4. The van der Waals surface area contributed by atoms with E-state index in [2.05, 4.69) is 47.9 Å². The highest BCUT2D eigenvalue weighted by Crippen LogP contribution is 2.30. The molecule has 0 aliphatic carbocycles. The maximum absolute atomic E-state index is 10.4. The summed E-state index contributed by atoms with van der Waals surface area (Å²) in [5, 5.41) is 13.4. The number of benzene rings is 1. The minimum atomic E-state index is -0.506. The van der Waals surface area contributed by atoms with Crippen LogP contribution >= 0.6 is 11.3 Å². The molecule has 0 amide bonds. The Labute approximate surface area is 174 Å². The molecule has 4 heterocycles. The zero-order valence-corrected chi connectivity index (χ0v) is 17.3. The van der Waals surface area contributed by atoms with Crippen molar-refractivity contribution in [1.82, 2.24) is 19.9 Å². The Morgan fingerprint density at radius 1 is 0.966 bits per heavy atom. The molecule has 7 nitrogen and oxygen atoms in total. The summed E-state index contributed by atoms with van der Waals surface area (Å²) < 4.78 is 0. The van der Waals surface area contributed by atoms with E-state index in [9.17, 15) is 5.11 Å². The first kappa shape index (κ1) is 18.7. The highest BCUT2D eigenvalue weighted by atomic mass is 32.1. The third-order valence-corrected chi connectivity index (χ3v) is 6.57. The molecule has 2 aliphatic rings. The maximum atomic E-state index is 10.4. The summed E-state index contributed by atoms with van der Waals surface area (Å²) in [5.74, 6) is 1.07. The number of fused-ring (bicyclic) bond motifs is 1. The molecule has 1 N–H and O–H groups in total. The van der Waals surface area contributed by atoms with Crippen molar-refractivity contribution in [2.45, 2.75) is 18.9 Å². The molecule has 0 saturated carbocycles. The van der Waals surface area contributed by atoms with Gasteiger partial charge >= 0.3 is 0 Å². The van der Waals surface area contributed by atoms with Gasteiger partial charge in [-0.3, -0.25) is 4.90 Å². The molecule has 152 valence electrons. The molecule has 2 aliphatic heterocycles. The number of anilines is 2. The monoisotopic (exact) mass is 410 g/mol. The molecule has 2 saturated heterocycles. The molecule has 1 aromatic carbocycles. The molecular weight excluding hydrogens is 384 g/mol. The largest absolute Gasteiger partial charge is 0.385 e. The highest BCUT2D eigenvalue weighted by molar-refractivity contribution is 7.07. The van der Waals surface area contributed by atoms with Crippen molar-refractivity contribution in [3.05, 3.63) is 41.1 Å². The number of piperazine rings is 1. The molecule has 8 heteroatoms. The first-order chi connectivity index (χ1) is 14.3. The van der Waals surface area contributed by atoms with E-state index in [-0.39, 0.29) is 0 Å². The fourth-order valence-electron chi connectivity index (χ4n) is 4.32. The zero-order chi connectivity index (χ0) is 19.6. The number of β-amino-alcohol motifs (C(OH)–C–C–N with tert-alkyl or cyclic N) is 1. The van der Waals surface area contributed by atoms with E-state index < -0.39 is 6.10 Å². The molecule has 29 heavy (non-hydrogen) atoms. The van der Waals surface area contributed by atoms with Gasteiger partial charge in [0.05, 0.1) is 16.7 Å². The van der Waals surface area contributed by atoms with Gasteiger partial charge in [-0.2, -0.15) is 0 Å². The number of hydrogen-bond acceptors (Lipinski definition) is 8. The molecule has 0 radical (unpaired) electrons. The Kier molecular flexibility index (Phi) is 5.30. The van der Waals surface area contributed by atoms with Gasteiger partial charge in [-0.1, -0.05) is 0 Å². The lowest BCUT2D eigenvalue weighted by Gasteiger charge is -2.37. The molecule has 0 spiro atoms. The lowest BCUT2D eigenvalue weighted by Crippen LogP contribution is -2.47. The summed E-state index contributed by atoms with van der Waals surface area (Å²) in [4.78, 5) is 20.4. The predicted molar refractivity (Wildman–Crippen MR) is 117 cm³/mol. The molecule has 3 aromatic rings. The normalized spacial score (nSPS) is 19.2. The number of rotatable bonds is 5. The smallest absolute Gasteiger partial charge is 0.139 e. The van der Waals surface area contributed by atoms with Gasteiger partial charge in [-0.05, 0) is 31.0 Å². The van der Waals surface area contributed by atoms with Crippen molar-refractivity contribution in [2.24, 2.45) is 0 Å². The van der Waals surface area contributed by atoms with E-state index in [0.29, 0.717) is 6.54 Å². The Morgan fingerprint density at radius 3 is 2.55 bits per heavy atom. The Morgan fingerprint density at radius 2 is 1.79 bits per heavy atom. The van der Waals surface area contributed by atoms with E-state index in [1.54, 1.807) is 11.8 Å². The second-order valence-electron chi connectivity index (χ2n) is 7.81. The van der Waals surface area contributed by atoms with E-state index >= 15 is 0 Å². The molecular formula is C21H26N6OS. The summed E-state index contributed by atoms with van der Waals surface area (Å²) in [6.45, 7) is 6.56. The second kappa shape index (κ2) is 8.22. The van der Waals surface area contributed by atoms with Crippen LogP contribution in [0.25, 0.3) is 10.9 Å². The number of nitrogens with zero attached hydrogens (tertiary/aromatic N) is 6. The van der Waals surface area contributed by atoms with Crippen LogP contribution in [-0.2, 0) is 0 Å². The van der Waals surface area contributed by atoms with Crippen LogP contribution in [0, 0.1) is 0 Å². The Bertz CT molecular complexity index is 951. The molecule has 1 unspecified atom stereocenters. The van der Waals surface area contributed by atoms with Crippen molar-refractivity contribution >= 4 is 33.7 Å². The number of aliphatic hydroxyl groups excluding tert-OH is 1. The average Bonchev–Trinajstić information content (AvgIpc) is 3.48. The summed E-state index contributed by atoms with van der Waals surface area (Å²) in [6, 6.07) is 6.54. The molecule has 2 fully saturated rings. The first-order valence-corrected chi connectivity index (χ1v) is 11.3. The van der Waals surface area contributed by atoms with Crippen LogP contribution in [0.15, 0.2) is 35.4 Å². The topological polar surface area (TPSA) is 68.6 Å². The average molecular weight is 411 g/mol. The summed E-state index contributed by atoms with van der Waals surface area (Å²) in [7, 11) is 0. The second-order valence-corrected chi connectivity index (χ2v) is 8.53. The van der Waals surface area contributed by atoms with Gasteiger partial charge in [-0.25, -0.2) is 15.0 Å². The molecule has 5 rings (SSSR count). The van der Waals surface area contributed by atoms with Gasteiger partial charge in [0.1, 0.15) is 18.2 Å². The lowest BCUT2D eigenvalue weighted by atomic mass is 10.1. The van der Waals surface area contributed by atoms with Crippen LogP contribution in [0.2, 0.25) is 0 Å². The number of aliphatic hydroxyl groups is 1. The van der Waals surface area contributed by atoms with Gasteiger partial charge in [-0.15, -0.1) is 11.3 Å². The van der Waals surface area contributed by atoms with E-state index in [1.807, 2.05) is 5.38 Å². The Hall–Kier alpha value is -2.29. The van der Waals surface area contributed by atoms with E-state index in [1.165, 1.54) is 29.9 Å². The van der Waals surface area contributed by atoms with E-state index in [0.717, 1.165) is 61.7 Å². The Balaban J connectivity index is 1.28. The van der Waals surface area contributed by atoms with Gasteiger partial charge < -0.3 is 14.9 Å². The third-order valence-electron chi connectivity index (χ3n) is 5.96. The van der Waals surface area contributed by atoms with Crippen molar-refractivity contribution in [1.29, 1.82) is 0 Å². The number of thiazole rings is 1. The van der Waals surface area contributed by atoms with Crippen LogP contribution in [0.1, 0.15) is 24.6 Å². The summed E-state index contributed by atoms with van der Waals surface area (Å²) in [5.41, 5.74) is 4.79. The minimum Gasteiger partial charge on any atom is -0.385 e. The quantitative estimate of drug-likeness (QED) is 0.693. The SMILES string of the molecule is OC(CN1CCN(c2ccc3ncnc(N4CCCC4)c3c2)CC1)c1cscn1. The minimum absolute atomic E-state index is 0.506. The van der Waals surface area contributed by atoms with Crippen LogP contribution in [-0.4, -0.2) is 70.8 Å². The van der Waals surface area contributed by atoms with Gasteiger partial charge in [0.15, 0.2) is 0 Å². The predicted octanol–water partition coefficient (Wildman–Crippen LogP) is 2.54. The van der Waals surface area contributed by atoms with Gasteiger partial charge in [0.2, 0.25) is 0 Å².